The molecule has 0 saturated heterocycles. The Kier molecular flexibility index (Phi) is 5.66. The van der Waals surface area contributed by atoms with E-state index in [4.69, 9.17) is 10.5 Å². The quantitative estimate of drug-likeness (QED) is 0.762. The van der Waals surface area contributed by atoms with E-state index in [0.717, 1.165) is 30.6 Å². The Labute approximate surface area is 147 Å². The Hall–Kier alpha value is -2.40. The molecule has 1 amide bonds. The summed E-state index contributed by atoms with van der Waals surface area (Å²) in [7, 11) is 0. The van der Waals surface area contributed by atoms with E-state index in [1.807, 2.05) is 24.3 Å². The molecule has 0 atom stereocenters. The van der Waals surface area contributed by atoms with Gasteiger partial charge in [0.2, 0.25) is 0 Å². The van der Waals surface area contributed by atoms with Gasteiger partial charge in [0.05, 0.1) is 0 Å². The highest BCUT2D eigenvalue weighted by molar-refractivity contribution is 5.75. The number of ether oxygens (including phenoxy) is 1. The second kappa shape index (κ2) is 8.12. The predicted octanol–water partition coefficient (Wildman–Crippen LogP) is 2.90. The summed E-state index contributed by atoms with van der Waals surface area (Å²) in [6, 6.07) is 15.1. The van der Waals surface area contributed by atoms with E-state index < -0.39 is 5.91 Å². The summed E-state index contributed by atoms with van der Waals surface area (Å²) in [6.45, 7) is 1.59. The van der Waals surface area contributed by atoms with Crippen LogP contribution in [0.5, 0.6) is 5.75 Å². The van der Waals surface area contributed by atoms with Crippen LogP contribution in [0.2, 0.25) is 0 Å². The zero-order valence-corrected chi connectivity index (χ0v) is 14.2. The maximum atomic E-state index is 13.3. The Bertz CT molecular complexity index is 731. The number of rotatable bonds is 9. The molecule has 0 heterocycles. The number of carbonyl (C=O) groups excluding carboxylic acids is 1. The molecule has 1 aliphatic rings. The number of nitrogens with two attached hydrogens (primary N) is 1. The number of primary amides is 1. The predicted molar refractivity (Wildman–Crippen MR) is 94.7 cm³/mol. The fourth-order valence-corrected chi connectivity index (χ4v) is 2.92. The van der Waals surface area contributed by atoms with Crippen molar-refractivity contribution in [1.29, 1.82) is 0 Å². The number of nitrogens with zero attached hydrogens (tertiary/aromatic N) is 1. The van der Waals surface area contributed by atoms with Gasteiger partial charge in [0.25, 0.3) is 5.91 Å². The monoisotopic (exact) mass is 342 g/mol. The molecule has 2 N–H and O–H groups in total. The van der Waals surface area contributed by atoms with Crippen molar-refractivity contribution >= 4 is 5.91 Å². The van der Waals surface area contributed by atoms with E-state index in [1.165, 1.54) is 18.9 Å². The highest BCUT2D eigenvalue weighted by Gasteiger charge is 2.28. The van der Waals surface area contributed by atoms with Crippen molar-refractivity contribution in [2.45, 2.75) is 31.8 Å². The summed E-state index contributed by atoms with van der Waals surface area (Å²) in [5.74, 6) is -0.0212. The van der Waals surface area contributed by atoms with Gasteiger partial charge >= 0.3 is 0 Å². The minimum Gasteiger partial charge on any atom is -0.484 e. The third-order valence-electron chi connectivity index (χ3n) is 4.31. The lowest BCUT2D eigenvalue weighted by Crippen LogP contribution is -2.28. The van der Waals surface area contributed by atoms with Gasteiger partial charge in [0.1, 0.15) is 11.6 Å². The lowest BCUT2D eigenvalue weighted by molar-refractivity contribution is -0.119. The molecule has 0 aromatic heterocycles. The van der Waals surface area contributed by atoms with Gasteiger partial charge in [-0.15, -0.1) is 0 Å². The first-order valence-electron chi connectivity index (χ1n) is 8.59. The van der Waals surface area contributed by atoms with Crippen molar-refractivity contribution in [3.63, 3.8) is 0 Å². The standard InChI is InChI=1S/C20H23FN2O2/c21-17-5-1-3-15(11-17)9-10-23(18-7-8-18)13-16-4-2-6-19(12-16)25-14-20(22)24/h1-6,11-12,18H,7-10,13-14H2,(H2,22,24). The van der Waals surface area contributed by atoms with Crippen LogP contribution in [0, 0.1) is 5.82 Å². The highest BCUT2D eigenvalue weighted by atomic mass is 19.1. The normalized spacial score (nSPS) is 13.8. The zero-order chi connectivity index (χ0) is 17.6. The van der Waals surface area contributed by atoms with E-state index in [9.17, 15) is 9.18 Å². The molecular weight excluding hydrogens is 319 g/mol. The number of hydrogen-bond acceptors (Lipinski definition) is 3. The van der Waals surface area contributed by atoms with Crippen molar-refractivity contribution in [1.82, 2.24) is 4.90 Å². The van der Waals surface area contributed by atoms with Gasteiger partial charge in [-0.3, -0.25) is 9.69 Å². The number of benzene rings is 2. The summed E-state index contributed by atoms with van der Waals surface area (Å²) in [5.41, 5.74) is 7.26. The molecule has 4 nitrogen and oxygen atoms in total. The number of amides is 1. The summed E-state index contributed by atoms with van der Waals surface area (Å²) >= 11 is 0. The van der Waals surface area contributed by atoms with Gasteiger partial charge in [-0.2, -0.15) is 0 Å². The molecule has 132 valence electrons. The lowest BCUT2D eigenvalue weighted by atomic mass is 10.1. The summed E-state index contributed by atoms with van der Waals surface area (Å²) in [6.07, 6.45) is 3.24. The average Bonchev–Trinajstić information content (AvgIpc) is 3.42. The van der Waals surface area contributed by atoms with Crippen LogP contribution >= 0.6 is 0 Å². The SMILES string of the molecule is NC(=O)COc1cccc(CN(CCc2cccc(F)c2)C2CC2)c1. The summed E-state index contributed by atoms with van der Waals surface area (Å²) in [5, 5.41) is 0. The minimum absolute atomic E-state index is 0.116. The fourth-order valence-electron chi connectivity index (χ4n) is 2.92. The van der Waals surface area contributed by atoms with Crippen molar-refractivity contribution in [2.24, 2.45) is 5.73 Å². The van der Waals surface area contributed by atoms with Crippen molar-refractivity contribution in [3.05, 3.63) is 65.5 Å². The number of carbonyl (C=O) groups is 1. The maximum absolute atomic E-state index is 13.3. The smallest absolute Gasteiger partial charge is 0.255 e. The maximum Gasteiger partial charge on any atom is 0.255 e. The molecule has 1 aliphatic carbocycles. The van der Waals surface area contributed by atoms with Crippen LogP contribution in [0.4, 0.5) is 4.39 Å². The molecule has 1 fully saturated rings. The molecule has 2 aromatic carbocycles. The second-order valence-electron chi connectivity index (χ2n) is 6.48. The summed E-state index contributed by atoms with van der Waals surface area (Å²) in [4.78, 5) is 13.3. The average molecular weight is 342 g/mol. The Morgan fingerprint density at radius 3 is 2.64 bits per heavy atom. The van der Waals surface area contributed by atoms with E-state index in [1.54, 1.807) is 12.1 Å². The molecule has 0 aliphatic heterocycles. The summed E-state index contributed by atoms with van der Waals surface area (Å²) < 4.78 is 18.7. The number of hydrogen-bond donors (Lipinski definition) is 1. The van der Waals surface area contributed by atoms with Crippen LogP contribution in [0.25, 0.3) is 0 Å². The van der Waals surface area contributed by atoms with Gasteiger partial charge < -0.3 is 10.5 Å². The molecule has 1 saturated carbocycles. The molecule has 5 heteroatoms. The largest absolute Gasteiger partial charge is 0.484 e. The molecular formula is C20H23FN2O2. The molecule has 0 radical (unpaired) electrons. The van der Waals surface area contributed by atoms with E-state index in [-0.39, 0.29) is 12.4 Å². The third-order valence-corrected chi connectivity index (χ3v) is 4.31. The fraction of sp³-hybridized carbons (Fsp3) is 0.350. The van der Waals surface area contributed by atoms with Gasteiger partial charge in [-0.1, -0.05) is 24.3 Å². The molecule has 0 unspecified atom stereocenters. The van der Waals surface area contributed by atoms with Gasteiger partial charge in [0, 0.05) is 19.1 Å². The van der Waals surface area contributed by atoms with E-state index in [0.29, 0.717) is 11.8 Å². The lowest BCUT2D eigenvalue weighted by Gasteiger charge is -2.22. The zero-order valence-electron chi connectivity index (χ0n) is 14.2. The highest BCUT2D eigenvalue weighted by Crippen LogP contribution is 2.29. The van der Waals surface area contributed by atoms with Crippen molar-refractivity contribution < 1.29 is 13.9 Å². The third kappa shape index (κ3) is 5.57. The Morgan fingerprint density at radius 1 is 1.16 bits per heavy atom. The van der Waals surface area contributed by atoms with Crippen LogP contribution in [0.1, 0.15) is 24.0 Å². The Balaban J connectivity index is 1.60. The first-order valence-corrected chi connectivity index (χ1v) is 8.59. The van der Waals surface area contributed by atoms with Crippen LogP contribution in [0.15, 0.2) is 48.5 Å². The van der Waals surface area contributed by atoms with Gasteiger partial charge in [-0.05, 0) is 54.7 Å². The van der Waals surface area contributed by atoms with Crippen LogP contribution < -0.4 is 10.5 Å². The minimum atomic E-state index is -0.486. The molecule has 0 spiro atoms. The van der Waals surface area contributed by atoms with Crippen molar-refractivity contribution in [2.75, 3.05) is 13.2 Å². The first-order chi connectivity index (χ1) is 12.1. The molecule has 0 bridgehead atoms. The topological polar surface area (TPSA) is 55.6 Å². The number of halogens is 1. The molecule has 2 aromatic rings. The first kappa shape index (κ1) is 17.4. The van der Waals surface area contributed by atoms with Crippen LogP contribution in [0.3, 0.4) is 0 Å². The van der Waals surface area contributed by atoms with E-state index >= 15 is 0 Å². The van der Waals surface area contributed by atoms with Crippen LogP contribution in [-0.2, 0) is 17.8 Å². The second-order valence-corrected chi connectivity index (χ2v) is 6.48. The Morgan fingerprint density at radius 2 is 1.92 bits per heavy atom. The van der Waals surface area contributed by atoms with Gasteiger partial charge in [-0.25, -0.2) is 4.39 Å². The molecule has 3 rings (SSSR count). The van der Waals surface area contributed by atoms with E-state index in [2.05, 4.69) is 11.0 Å². The van der Waals surface area contributed by atoms with Gasteiger partial charge in [0.15, 0.2) is 6.61 Å². The van der Waals surface area contributed by atoms with Crippen molar-refractivity contribution in [3.8, 4) is 5.75 Å². The molecule has 25 heavy (non-hydrogen) atoms. The van der Waals surface area contributed by atoms with Crippen LogP contribution in [-0.4, -0.2) is 30.0 Å².